The molecule has 0 atom stereocenters. The minimum atomic E-state index is -0.118. The number of nitrogens with zero attached hydrogens (tertiary/aromatic N) is 2. The van der Waals surface area contributed by atoms with Gasteiger partial charge in [-0.1, -0.05) is 32.4 Å². The van der Waals surface area contributed by atoms with Gasteiger partial charge in [-0.3, -0.25) is 4.79 Å². The Kier molecular flexibility index (Phi) is 5.46. The van der Waals surface area contributed by atoms with E-state index in [1.54, 1.807) is 0 Å². The molecule has 0 aliphatic rings. The van der Waals surface area contributed by atoms with E-state index in [2.05, 4.69) is 41.4 Å². The van der Waals surface area contributed by atoms with Gasteiger partial charge in [-0.15, -0.1) is 0 Å². The highest BCUT2D eigenvalue weighted by molar-refractivity contribution is 14.1. The molecule has 0 radical (unpaired) electrons. The fourth-order valence-corrected chi connectivity index (χ4v) is 3.75. The standard InChI is InChI=1S/C19H22IN3O2/c1-4-8-13-15-16(23(3)17(13)20)19(24)22-18(21-15)12-9-6-7-10-14(12)25-11-5-2/h6-7,9-10H,4-5,8,11H2,1-3H3,(H,21,22,24). The van der Waals surface area contributed by atoms with Crippen LogP contribution < -0.4 is 10.3 Å². The Morgan fingerprint density at radius 3 is 2.72 bits per heavy atom. The Bertz CT molecular complexity index is 959. The molecule has 6 heteroatoms. The number of halogens is 1. The number of benzene rings is 1. The molecule has 1 aromatic carbocycles. The summed E-state index contributed by atoms with van der Waals surface area (Å²) in [5.74, 6) is 1.30. The van der Waals surface area contributed by atoms with Crippen LogP contribution in [0.2, 0.25) is 0 Å². The van der Waals surface area contributed by atoms with Gasteiger partial charge in [-0.2, -0.15) is 0 Å². The molecule has 0 fully saturated rings. The lowest BCUT2D eigenvalue weighted by atomic mass is 10.1. The number of aromatic amines is 1. The molecule has 0 saturated heterocycles. The molecule has 1 N–H and O–H groups in total. The van der Waals surface area contributed by atoms with Crippen molar-refractivity contribution in [3.63, 3.8) is 0 Å². The third-order valence-corrected chi connectivity index (χ3v) is 5.54. The van der Waals surface area contributed by atoms with Gasteiger partial charge in [0.2, 0.25) is 0 Å². The van der Waals surface area contributed by atoms with E-state index >= 15 is 0 Å². The van der Waals surface area contributed by atoms with Crippen molar-refractivity contribution in [1.29, 1.82) is 0 Å². The zero-order valence-electron chi connectivity index (χ0n) is 14.7. The van der Waals surface area contributed by atoms with Gasteiger partial charge in [0.25, 0.3) is 5.56 Å². The molecule has 0 amide bonds. The molecule has 5 nitrogen and oxygen atoms in total. The number of hydrogen-bond donors (Lipinski definition) is 1. The average Bonchev–Trinajstić information content (AvgIpc) is 2.85. The van der Waals surface area contributed by atoms with E-state index in [1.807, 2.05) is 35.9 Å². The molecule has 2 aromatic heterocycles. The summed E-state index contributed by atoms with van der Waals surface area (Å²) in [7, 11) is 1.91. The molecule has 3 rings (SSSR count). The molecule has 0 saturated carbocycles. The van der Waals surface area contributed by atoms with Crippen LogP contribution in [-0.4, -0.2) is 21.1 Å². The zero-order valence-corrected chi connectivity index (χ0v) is 16.9. The van der Waals surface area contributed by atoms with E-state index in [0.717, 1.165) is 45.4 Å². The maximum atomic E-state index is 12.7. The largest absolute Gasteiger partial charge is 0.493 e. The normalized spacial score (nSPS) is 11.2. The molecular formula is C19H22IN3O2. The van der Waals surface area contributed by atoms with Crippen LogP contribution in [0.15, 0.2) is 29.1 Å². The third-order valence-electron chi connectivity index (χ3n) is 4.16. The van der Waals surface area contributed by atoms with Gasteiger partial charge in [0.05, 0.1) is 15.9 Å². The Morgan fingerprint density at radius 2 is 2.00 bits per heavy atom. The summed E-state index contributed by atoms with van der Waals surface area (Å²) < 4.78 is 8.83. The second kappa shape index (κ2) is 7.59. The molecule has 2 heterocycles. The van der Waals surface area contributed by atoms with E-state index in [-0.39, 0.29) is 5.56 Å². The van der Waals surface area contributed by atoms with Gasteiger partial charge in [-0.05, 0) is 47.6 Å². The van der Waals surface area contributed by atoms with Crippen LogP contribution in [0.25, 0.3) is 22.4 Å². The highest BCUT2D eigenvalue weighted by Crippen LogP contribution is 2.30. The number of nitrogens with one attached hydrogen (secondary N) is 1. The monoisotopic (exact) mass is 451 g/mol. The number of aromatic nitrogens is 3. The van der Waals surface area contributed by atoms with E-state index < -0.39 is 0 Å². The van der Waals surface area contributed by atoms with Gasteiger partial charge >= 0.3 is 0 Å². The Morgan fingerprint density at radius 1 is 1.24 bits per heavy atom. The van der Waals surface area contributed by atoms with Crippen molar-refractivity contribution < 1.29 is 4.74 Å². The van der Waals surface area contributed by atoms with Crippen molar-refractivity contribution in [3.05, 3.63) is 43.9 Å². The van der Waals surface area contributed by atoms with Crippen molar-refractivity contribution in [2.75, 3.05) is 6.61 Å². The van der Waals surface area contributed by atoms with Crippen LogP contribution in [0, 0.1) is 3.70 Å². The van der Waals surface area contributed by atoms with Crippen LogP contribution in [-0.2, 0) is 13.5 Å². The summed E-state index contributed by atoms with van der Waals surface area (Å²) in [5, 5.41) is 0. The van der Waals surface area contributed by atoms with Crippen LogP contribution in [0.5, 0.6) is 5.75 Å². The first-order chi connectivity index (χ1) is 12.1. The van der Waals surface area contributed by atoms with Crippen molar-refractivity contribution in [3.8, 4) is 17.1 Å². The molecule has 0 aliphatic carbocycles. The van der Waals surface area contributed by atoms with Crippen molar-refractivity contribution in [1.82, 2.24) is 14.5 Å². The number of rotatable bonds is 6. The molecule has 0 aliphatic heterocycles. The second-order valence-corrected chi connectivity index (χ2v) is 7.06. The summed E-state index contributed by atoms with van der Waals surface area (Å²) in [4.78, 5) is 20.5. The molecule has 25 heavy (non-hydrogen) atoms. The quantitative estimate of drug-likeness (QED) is 0.570. The van der Waals surface area contributed by atoms with Crippen LogP contribution in [0.4, 0.5) is 0 Å². The smallest absolute Gasteiger partial charge is 0.275 e. The van der Waals surface area contributed by atoms with Crippen molar-refractivity contribution in [2.45, 2.75) is 33.1 Å². The van der Waals surface area contributed by atoms with Crippen molar-refractivity contribution >= 4 is 33.6 Å². The minimum Gasteiger partial charge on any atom is -0.493 e. The topological polar surface area (TPSA) is 59.9 Å². The molecule has 0 spiro atoms. The average molecular weight is 451 g/mol. The highest BCUT2D eigenvalue weighted by Gasteiger charge is 2.19. The Hall–Kier alpha value is -1.83. The second-order valence-electron chi connectivity index (χ2n) is 6.03. The lowest BCUT2D eigenvalue weighted by Gasteiger charge is -2.10. The van der Waals surface area contributed by atoms with E-state index in [9.17, 15) is 4.79 Å². The summed E-state index contributed by atoms with van der Waals surface area (Å²) in [6.07, 6.45) is 2.84. The number of H-pyrrole nitrogens is 1. The molecule has 0 bridgehead atoms. The number of hydrogen-bond acceptors (Lipinski definition) is 3. The molecule has 3 aromatic rings. The summed E-state index contributed by atoms with van der Waals surface area (Å²) >= 11 is 2.29. The number of aryl methyl sites for hydroxylation is 2. The molecule has 0 unspecified atom stereocenters. The molecule has 132 valence electrons. The molecular weight excluding hydrogens is 429 g/mol. The lowest BCUT2D eigenvalue weighted by Crippen LogP contribution is -2.12. The van der Waals surface area contributed by atoms with E-state index in [4.69, 9.17) is 9.72 Å². The number of para-hydroxylation sites is 1. The lowest BCUT2D eigenvalue weighted by molar-refractivity contribution is 0.318. The number of ether oxygens (including phenoxy) is 1. The van der Waals surface area contributed by atoms with Gasteiger partial charge in [0.15, 0.2) is 0 Å². The minimum absolute atomic E-state index is 0.118. The van der Waals surface area contributed by atoms with E-state index in [0.29, 0.717) is 17.9 Å². The predicted octanol–water partition coefficient (Wildman–Crippen LogP) is 4.27. The van der Waals surface area contributed by atoms with Crippen molar-refractivity contribution in [2.24, 2.45) is 7.05 Å². The first-order valence-corrected chi connectivity index (χ1v) is 9.65. The summed E-state index contributed by atoms with van der Waals surface area (Å²) in [6, 6.07) is 7.71. The Labute approximate surface area is 160 Å². The summed E-state index contributed by atoms with van der Waals surface area (Å²) in [6.45, 7) is 4.84. The van der Waals surface area contributed by atoms with Gasteiger partial charge in [0.1, 0.15) is 22.6 Å². The fourth-order valence-electron chi connectivity index (χ4n) is 2.99. The van der Waals surface area contributed by atoms with Crippen LogP contribution >= 0.6 is 22.6 Å². The summed E-state index contributed by atoms with van der Waals surface area (Å²) in [5.41, 5.74) is 3.26. The maximum absolute atomic E-state index is 12.7. The van der Waals surface area contributed by atoms with Gasteiger partial charge in [0, 0.05) is 12.6 Å². The third kappa shape index (κ3) is 3.31. The number of fused-ring (bicyclic) bond motifs is 1. The first kappa shape index (κ1) is 18.0. The first-order valence-electron chi connectivity index (χ1n) is 8.57. The van der Waals surface area contributed by atoms with Gasteiger partial charge < -0.3 is 14.3 Å². The highest BCUT2D eigenvalue weighted by atomic mass is 127. The van der Waals surface area contributed by atoms with Crippen LogP contribution in [0.3, 0.4) is 0 Å². The maximum Gasteiger partial charge on any atom is 0.275 e. The van der Waals surface area contributed by atoms with Gasteiger partial charge in [-0.25, -0.2) is 4.98 Å². The zero-order chi connectivity index (χ0) is 18.0. The van der Waals surface area contributed by atoms with Crippen LogP contribution in [0.1, 0.15) is 32.3 Å². The predicted molar refractivity (Wildman–Crippen MR) is 109 cm³/mol. The Balaban J connectivity index is 2.23. The van der Waals surface area contributed by atoms with E-state index in [1.165, 1.54) is 0 Å². The SMILES string of the molecule is CCCOc1ccccc1-c1nc2c(CCC)c(I)n(C)c2c(=O)[nH]1. The fraction of sp³-hybridized carbons (Fsp3) is 0.368.